The van der Waals surface area contributed by atoms with Crippen LogP contribution in [0.2, 0.25) is 0 Å². The number of hydrogen-bond acceptors (Lipinski definition) is 5. The van der Waals surface area contributed by atoms with E-state index in [1.807, 2.05) is 11.1 Å². The van der Waals surface area contributed by atoms with Crippen molar-refractivity contribution in [2.45, 2.75) is 6.54 Å². The van der Waals surface area contributed by atoms with Gasteiger partial charge in [-0.15, -0.1) is 0 Å². The van der Waals surface area contributed by atoms with Crippen LogP contribution in [0.5, 0.6) is 11.5 Å². The predicted octanol–water partition coefficient (Wildman–Crippen LogP) is 0.695. The van der Waals surface area contributed by atoms with Crippen molar-refractivity contribution in [1.29, 1.82) is 0 Å². The average molecular weight is 251 g/mol. The van der Waals surface area contributed by atoms with Gasteiger partial charge in [-0.3, -0.25) is 10.7 Å². The van der Waals surface area contributed by atoms with Gasteiger partial charge in [0, 0.05) is 38.8 Å². The van der Waals surface area contributed by atoms with E-state index < -0.39 is 0 Å². The summed E-state index contributed by atoms with van der Waals surface area (Å²) in [5.41, 5.74) is 1.21. The molecule has 2 N–H and O–H groups in total. The molecule has 0 unspecified atom stereocenters. The van der Waals surface area contributed by atoms with Crippen LogP contribution in [-0.2, 0) is 6.54 Å². The lowest BCUT2D eigenvalue weighted by Crippen LogP contribution is -2.48. The standard InChI is InChI=1S/C13H21N3O2/c1-17-12-7-11(8-13(9-12)18-2)10-15-3-5-16(14)6-4-15/h7-9H,3-6,10,14H2,1-2H3. The highest BCUT2D eigenvalue weighted by Crippen LogP contribution is 2.23. The van der Waals surface area contributed by atoms with Crippen LogP contribution in [0.4, 0.5) is 0 Å². The van der Waals surface area contributed by atoms with Crippen molar-refractivity contribution in [3.8, 4) is 11.5 Å². The summed E-state index contributed by atoms with van der Waals surface area (Å²) in [5, 5.41) is 1.86. The molecule has 0 aromatic heterocycles. The van der Waals surface area contributed by atoms with Gasteiger partial charge in [0.15, 0.2) is 0 Å². The van der Waals surface area contributed by atoms with E-state index in [1.54, 1.807) is 14.2 Å². The van der Waals surface area contributed by atoms with Gasteiger partial charge in [-0.2, -0.15) is 0 Å². The first-order valence-corrected chi connectivity index (χ1v) is 6.15. The molecule has 0 aliphatic carbocycles. The zero-order valence-corrected chi connectivity index (χ0v) is 11.1. The number of nitrogens with two attached hydrogens (primary N) is 1. The Kier molecular flexibility index (Phi) is 4.41. The lowest BCUT2D eigenvalue weighted by atomic mass is 10.1. The summed E-state index contributed by atoms with van der Waals surface area (Å²) >= 11 is 0. The second-order valence-electron chi connectivity index (χ2n) is 4.53. The molecule has 0 spiro atoms. The monoisotopic (exact) mass is 251 g/mol. The van der Waals surface area contributed by atoms with Crippen LogP contribution in [0.25, 0.3) is 0 Å². The first-order chi connectivity index (χ1) is 8.71. The Hall–Kier alpha value is -1.30. The molecule has 1 aliphatic heterocycles. The summed E-state index contributed by atoms with van der Waals surface area (Å²) in [6.45, 7) is 4.73. The van der Waals surface area contributed by atoms with Crippen molar-refractivity contribution >= 4 is 0 Å². The predicted molar refractivity (Wildman–Crippen MR) is 70.6 cm³/mol. The molecule has 18 heavy (non-hydrogen) atoms. The van der Waals surface area contributed by atoms with E-state index >= 15 is 0 Å². The highest BCUT2D eigenvalue weighted by atomic mass is 16.5. The number of benzene rings is 1. The lowest BCUT2D eigenvalue weighted by molar-refractivity contribution is 0.128. The molecule has 1 aromatic carbocycles. The number of hydrazine groups is 1. The third-order valence-electron chi connectivity index (χ3n) is 3.22. The first kappa shape index (κ1) is 13.1. The number of piperazine rings is 1. The highest BCUT2D eigenvalue weighted by molar-refractivity contribution is 5.38. The number of hydrogen-bond donors (Lipinski definition) is 1. The average Bonchev–Trinajstić information content (AvgIpc) is 2.41. The van der Waals surface area contributed by atoms with Gasteiger partial charge in [-0.1, -0.05) is 0 Å². The van der Waals surface area contributed by atoms with Crippen LogP contribution in [-0.4, -0.2) is 50.3 Å². The number of nitrogens with zero attached hydrogens (tertiary/aromatic N) is 2. The highest BCUT2D eigenvalue weighted by Gasteiger charge is 2.15. The molecule has 0 saturated carbocycles. The Morgan fingerprint density at radius 3 is 2.06 bits per heavy atom. The fourth-order valence-electron chi connectivity index (χ4n) is 2.14. The first-order valence-electron chi connectivity index (χ1n) is 6.15. The van der Waals surface area contributed by atoms with Gasteiger partial charge in [-0.25, -0.2) is 5.01 Å². The van der Waals surface area contributed by atoms with Crippen molar-refractivity contribution < 1.29 is 9.47 Å². The van der Waals surface area contributed by atoms with Crippen LogP contribution >= 0.6 is 0 Å². The van der Waals surface area contributed by atoms with E-state index in [0.29, 0.717) is 0 Å². The zero-order chi connectivity index (χ0) is 13.0. The Morgan fingerprint density at radius 1 is 1.00 bits per heavy atom. The fourth-order valence-corrected chi connectivity index (χ4v) is 2.14. The van der Waals surface area contributed by atoms with Crippen LogP contribution in [0.1, 0.15) is 5.56 Å². The molecule has 5 heteroatoms. The van der Waals surface area contributed by atoms with Gasteiger partial charge in [0.05, 0.1) is 14.2 Å². The second kappa shape index (κ2) is 6.04. The Labute approximate surface area is 108 Å². The van der Waals surface area contributed by atoms with Gasteiger partial charge in [-0.05, 0) is 17.7 Å². The maximum Gasteiger partial charge on any atom is 0.122 e. The van der Waals surface area contributed by atoms with Gasteiger partial charge in [0.2, 0.25) is 0 Å². The summed E-state index contributed by atoms with van der Waals surface area (Å²) in [6.07, 6.45) is 0. The summed E-state index contributed by atoms with van der Waals surface area (Å²) in [5.74, 6) is 7.42. The number of ether oxygens (including phenoxy) is 2. The summed E-state index contributed by atoms with van der Waals surface area (Å²) < 4.78 is 10.6. The van der Waals surface area contributed by atoms with Gasteiger partial charge < -0.3 is 9.47 Å². The Balaban J connectivity index is 2.03. The van der Waals surface area contributed by atoms with Gasteiger partial charge in [0.1, 0.15) is 11.5 Å². The third kappa shape index (κ3) is 3.35. The zero-order valence-electron chi connectivity index (χ0n) is 11.1. The summed E-state index contributed by atoms with van der Waals surface area (Å²) in [4.78, 5) is 2.39. The van der Waals surface area contributed by atoms with Gasteiger partial charge >= 0.3 is 0 Å². The maximum absolute atomic E-state index is 5.75. The summed E-state index contributed by atoms with van der Waals surface area (Å²) in [6, 6.07) is 6.00. The molecule has 100 valence electrons. The van der Waals surface area contributed by atoms with E-state index in [0.717, 1.165) is 44.2 Å². The molecule has 1 aliphatic rings. The maximum atomic E-state index is 5.75. The van der Waals surface area contributed by atoms with E-state index in [-0.39, 0.29) is 0 Å². The molecule has 0 radical (unpaired) electrons. The molecule has 0 atom stereocenters. The molecule has 1 heterocycles. The largest absolute Gasteiger partial charge is 0.497 e. The van der Waals surface area contributed by atoms with Crippen LogP contribution in [0, 0.1) is 0 Å². The van der Waals surface area contributed by atoms with Crippen molar-refractivity contribution in [1.82, 2.24) is 9.91 Å². The minimum Gasteiger partial charge on any atom is -0.497 e. The molecule has 0 bridgehead atoms. The smallest absolute Gasteiger partial charge is 0.122 e. The van der Waals surface area contributed by atoms with Crippen LogP contribution < -0.4 is 15.3 Å². The van der Waals surface area contributed by atoms with Crippen LogP contribution in [0.15, 0.2) is 18.2 Å². The molecule has 1 fully saturated rings. The normalized spacial score (nSPS) is 17.7. The van der Waals surface area contributed by atoms with E-state index in [9.17, 15) is 0 Å². The van der Waals surface area contributed by atoms with Crippen molar-refractivity contribution in [3.63, 3.8) is 0 Å². The summed E-state index contributed by atoms with van der Waals surface area (Å²) in [7, 11) is 3.34. The Morgan fingerprint density at radius 2 is 1.56 bits per heavy atom. The van der Waals surface area contributed by atoms with Crippen molar-refractivity contribution in [2.24, 2.45) is 5.84 Å². The molecular weight excluding hydrogens is 230 g/mol. The molecule has 1 saturated heterocycles. The molecule has 1 aromatic rings. The fraction of sp³-hybridized carbons (Fsp3) is 0.538. The SMILES string of the molecule is COc1cc(CN2CCN(N)CC2)cc(OC)c1. The quantitative estimate of drug-likeness (QED) is 0.798. The Bertz CT molecular complexity index is 368. The van der Waals surface area contributed by atoms with E-state index in [2.05, 4.69) is 17.0 Å². The minimum absolute atomic E-state index is 0.835. The van der Waals surface area contributed by atoms with Crippen LogP contribution in [0.3, 0.4) is 0 Å². The van der Waals surface area contributed by atoms with E-state index in [1.165, 1.54) is 5.56 Å². The van der Waals surface area contributed by atoms with E-state index in [4.69, 9.17) is 15.3 Å². The second-order valence-corrected chi connectivity index (χ2v) is 4.53. The molecule has 2 rings (SSSR count). The molecule has 0 amide bonds. The third-order valence-corrected chi connectivity index (χ3v) is 3.22. The lowest BCUT2D eigenvalue weighted by Gasteiger charge is -2.32. The number of methoxy groups -OCH3 is 2. The molecule has 5 nitrogen and oxygen atoms in total. The van der Waals surface area contributed by atoms with Crippen molar-refractivity contribution in [3.05, 3.63) is 23.8 Å². The molecular formula is C13H21N3O2. The topological polar surface area (TPSA) is 51.0 Å². The number of rotatable bonds is 4. The minimum atomic E-state index is 0.835. The van der Waals surface area contributed by atoms with Gasteiger partial charge in [0.25, 0.3) is 0 Å². The van der Waals surface area contributed by atoms with Crippen molar-refractivity contribution in [2.75, 3.05) is 40.4 Å².